The van der Waals surface area contributed by atoms with Crippen LogP contribution >= 0.6 is 11.8 Å². The van der Waals surface area contributed by atoms with E-state index in [4.69, 9.17) is 4.74 Å². The molecule has 2 aliphatic heterocycles. The molecule has 0 aliphatic carbocycles. The van der Waals surface area contributed by atoms with Gasteiger partial charge in [0.1, 0.15) is 0 Å². The fourth-order valence-electron chi connectivity index (χ4n) is 3.97. The second-order valence-electron chi connectivity index (χ2n) is 7.54. The van der Waals surface area contributed by atoms with Crippen LogP contribution in [0.15, 0.2) is 53.1 Å². The second-order valence-corrected chi connectivity index (χ2v) is 8.48. The van der Waals surface area contributed by atoms with Crippen molar-refractivity contribution < 1.29 is 14.6 Å². The molecule has 2 aliphatic rings. The molecule has 0 spiro atoms. The van der Waals surface area contributed by atoms with Gasteiger partial charge in [0.25, 0.3) is 0 Å². The van der Waals surface area contributed by atoms with E-state index in [1.807, 2.05) is 6.92 Å². The number of hydrogen-bond acceptors (Lipinski definition) is 6. The molecule has 2 aromatic rings. The molecule has 0 radical (unpaired) electrons. The first-order valence-electron chi connectivity index (χ1n) is 10.4. The van der Waals surface area contributed by atoms with Crippen molar-refractivity contribution >= 4 is 23.4 Å². The summed E-state index contributed by atoms with van der Waals surface area (Å²) in [4.78, 5) is 17.0. The number of amides is 1. The van der Waals surface area contributed by atoms with Gasteiger partial charge < -0.3 is 14.7 Å². The zero-order valence-electron chi connectivity index (χ0n) is 17.7. The zero-order valence-corrected chi connectivity index (χ0v) is 18.5. The van der Waals surface area contributed by atoms with Crippen molar-refractivity contribution in [3.05, 3.63) is 64.2 Å². The Morgan fingerprint density at radius 1 is 1.23 bits per heavy atom. The van der Waals surface area contributed by atoms with Crippen molar-refractivity contribution in [2.45, 2.75) is 32.6 Å². The maximum absolute atomic E-state index is 13.1. The summed E-state index contributed by atoms with van der Waals surface area (Å²) in [5.41, 5.74) is 3.74. The van der Waals surface area contributed by atoms with Gasteiger partial charge in [0.2, 0.25) is 5.91 Å². The number of fused-ring (bicyclic) bond motifs is 1. The van der Waals surface area contributed by atoms with Gasteiger partial charge in [-0.1, -0.05) is 36.9 Å². The maximum atomic E-state index is 13.1. The number of nitrogens with zero attached hydrogens (tertiary/aromatic N) is 3. The third-order valence-corrected chi connectivity index (χ3v) is 6.84. The molecule has 7 heteroatoms. The van der Waals surface area contributed by atoms with Gasteiger partial charge >= 0.3 is 0 Å². The number of thioether (sulfide) groups is 1. The molecule has 6 nitrogen and oxygen atoms in total. The second kappa shape index (κ2) is 8.94. The average molecular weight is 436 g/mol. The lowest BCUT2D eigenvalue weighted by atomic mass is 9.86. The van der Waals surface area contributed by atoms with E-state index in [2.05, 4.69) is 42.2 Å². The van der Waals surface area contributed by atoms with E-state index in [9.17, 15) is 15.2 Å². The highest BCUT2D eigenvalue weighted by atomic mass is 32.2. The fourth-order valence-corrected chi connectivity index (χ4v) is 5.14. The van der Waals surface area contributed by atoms with Crippen LogP contribution in [0.3, 0.4) is 0 Å². The minimum atomic E-state index is -0.341. The van der Waals surface area contributed by atoms with Gasteiger partial charge in [0, 0.05) is 18.0 Å². The highest BCUT2D eigenvalue weighted by Gasteiger charge is 2.38. The Hall–Kier alpha value is -3.11. The quantitative estimate of drug-likeness (QED) is 0.741. The standard InChI is InChI=1S/C24H25N3O3S/c1-3-16-5-8-18(9-6-16)26-14-27-23(29)12-19(20(13-25)24(27)31-15-26)17-7-10-21(28)22(11-17)30-4-2/h5-11,19,28H,3-4,12,14-15H2,1-2H3/t19-/m0/s1. The molecule has 2 aromatic carbocycles. The van der Waals surface area contributed by atoms with Crippen LogP contribution in [0.25, 0.3) is 0 Å². The number of phenolic OH excluding ortho intramolecular Hbond substituents is 1. The van der Waals surface area contributed by atoms with E-state index in [-0.39, 0.29) is 24.0 Å². The Kier molecular flexibility index (Phi) is 6.10. The van der Waals surface area contributed by atoms with Gasteiger partial charge in [0.05, 0.1) is 35.8 Å². The maximum Gasteiger partial charge on any atom is 0.229 e. The number of hydrogen-bond donors (Lipinski definition) is 1. The first kappa shape index (κ1) is 21.1. The summed E-state index contributed by atoms with van der Waals surface area (Å²) in [6, 6.07) is 15.8. The van der Waals surface area contributed by atoms with Crippen LogP contribution < -0.4 is 9.64 Å². The monoisotopic (exact) mass is 435 g/mol. The van der Waals surface area contributed by atoms with E-state index in [1.165, 1.54) is 17.3 Å². The van der Waals surface area contributed by atoms with Crippen molar-refractivity contribution in [2.75, 3.05) is 24.1 Å². The number of ether oxygens (including phenoxy) is 1. The molecule has 2 heterocycles. The first-order chi connectivity index (χ1) is 15.0. The van der Waals surface area contributed by atoms with Crippen LogP contribution in [0.1, 0.15) is 37.3 Å². The van der Waals surface area contributed by atoms with Gasteiger partial charge in [-0.3, -0.25) is 9.69 Å². The number of nitriles is 1. The van der Waals surface area contributed by atoms with Gasteiger partial charge in [-0.25, -0.2) is 0 Å². The number of aromatic hydroxyl groups is 1. The molecule has 0 bridgehead atoms. The third kappa shape index (κ3) is 4.08. The van der Waals surface area contributed by atoms with Crippen LogP contribution in [-0.4, -0.2) is 35.1 Å². The normalized spacial score (nSPS) is 18.6. The highest BCUT2D eigenvalue weighted by molar-refractivity contribution is 8.03. The zero-order chi connectivity index (χ0) is 22.0. The SMILES string of the molecule is CCOc1cc([C@@H]2CC(=O)N3CN(c4ccc(CC)cc4)CSC3=C2C#N)ccc1O. The number of phenols is 1. The molecule has 31 heavy (non-hydrogen) atoms. The first-order valence-corrected chi connectivity index (χ1v) is 11.4. The lowest BCUT2D eigenvalue weighted by molar-refractivity contribution is -0.129. The topological polar surface area (TPSA) is 76.8 Å². The van der Waals surface area contributed by atoms with E-state index >= 15 is 0 Å². The van der Waals surface area contributed by atoms with Gasteiger partial charge in [-0.05, 0) is 48.7 Å². The lowest BCUT2D eigenvalue weighted by Gasteiger charge is -2.42. The third-order valence-electron chi connectivity index (χ3n) is 5.69. The summed E-state index contributed by atoms with van der Waals surface area (Å²) in [5, 5.41) is 20.7. The summed E-state index contributed by atoms with van der Waals surface area (Å²) in [7, 11) is 0. The summed E-state index contributed by atoms with van der Waals surface area (Å²) in [6.45, 7) is 4.83. The van der Waals surface area contributed by atoms with Crippen LogP contribution in [0, 0.1) is 11.3 Å². The molecule has 0 aromatic heterocycles. The predicted molar refractivity (Wildman–Crippen MR) is 122 cm³/mol. The van der Waals surface area contributed by atoms with Crippen LogP contribution in [0.5, 0.6) is 11.5 Å². The molecule has 1 saturated heterocycles. The number of allylic oxidation sites excluding steroid dienone is 1. The molecule has 0 unspecified atom stereocenters. The molecule has 1 N–H and O–H groups in total. The molecule has 160 valence electrons. The number of carbonyl (C=O) groups is 1. The van der Waals surface area contributed by atoms with Crippen molar-refractivity contribution in [1.82, 2.24) is 4.90 Å². The van der Waals surface area contributed by atoms with E-state index < -0.39 is 0 Å². The summed E-state index contributed by atoms with van der Waals surface area (Å²) < 4.78 is 5.49. The van der Waals surface area contributed by atoms with Crippen molar-refractivity contribution in [1.29, 1.82) is 5.26 Å². The number of rotatable bonds is 5. The molecule has 1 atom stereocenters. The van der Waals surface area contributed by atoms with E-state index in [1.54, 1.807) is 23.1 Å². The molecule has 0 saturated carbocycles. The van der Waals surface area contributed by atoms with Crippen molar-refractivity contribution in [3.63, 3.8) is 0 Å². The predicted octanol–water partition coefficient (Wildman–Crippen LogP) is 4.57. The fraction of sp³-hybridized carbons (Fsp3) is 0.333. The Morgan fingerprint density at radius 2 is 2.00 bits per heavy atom. The Balaban J connectivity index is 1.63. The minimum Gasteiger partial charge on any atom is -0.504 e. The number of benzene rings is 2. The summed E-state index contributed by atoms with van der Waals surface area (Å²) in [5.74, 6) is 0.744. The van der Waals surface area contributed by atoms with Crippen molar-refractivity contribution in [3.8, 4) is 17.6 Å². The van der Waals surface area contributed by atoms with Gasteiger partial charge in [-0.2, -0.15) is 5.26 Å². The Bertz CT molecular complexity index is 1060. The number of anilines is 1. The van der Waals surface area contributed by atoms with Crippen LogP contribution in [-0.2, 0) is 11.2 Å². The van der Waals surface area contributed by atoms with Gasteiger partial charge in [0.15, 0.2) is 11.5 Å². The Morgan fingerprint density at radius 3 is 2.68 bits per heavy atom. The average Bonchev–Trinajstić information content (AvgIpc) is 2.80. The number of aryl methyl sites for hydroxylation is 1. The molecule has 4 rings (SSSR count). The van der Waals surface area contributed by atoms with E-state index in [0.29, 0.717) is 30.5 Å². The smallest absolute Gasteiger partial charge is 0.229 e. The highest BCUT2D eigenvalue weighted by Crippen LogP contribution is 2.44. The molecule has 1 fully saturated rings. The molecular weight excluding hydrogens is 410 g/mol. The lowest BCUT2D eigenvalue weighted by Crippen LogP contribution is -2.47. The number of carbonyl (C=O) groups excluding carboxylic acids is 1. The largest absolute Gasteiger partial charge is 0.504 e. The van der Waals surface area contributed by atoms with Crippen molar-refractivity contribution in [2.24, 2.45) is 0 Å². The Labute approximate surface area is 186 Å². The summed E-state index contributed by atoms with van der Waals surface area (Å²) in [6.07, 6.45) is 1.20. The van der Waals surface area contributed by atoms with Crippen LogP contribution in [0.4, 0.5) is 5.69 Å². The summed E-state index contributed by atoms with van der Waals surface area (Å²) >= 11 is 1.52. The van der Waals surface area contributed by atoms with Crippen LogP contribution in [0.2, 0.25) is 0 Å². The molecular formula is C24H25N3O3S. The molecule has 1 amide bonds. The minimum absolute atomic E-state index is 0.00702. The van der Waals surface area contributed by atoms with E-state index in [0.717, 1.165) is 22.7 Å². The van der Waals surface area contributed by atoms with Gasteiger partial charge in [-0.15, -0.1) is 0 Å².